The number of nitrogens with two attached hydrogens (primary N) is 1. The van der Waals surface area contributed by atoms with Crippen LogP contribution < -0.4 is 5.14 Å². The number of hydrogen-bond donors (Lipinski definition) is 1. The second kappa shape index (κ2) is 5.78. The summed E-state index contributed by atoms with van der Waals surface area (Å²) in [5.41, 5.74) is 0. The monoisotopic (exact) mass is 151 g/mol. The van der Waals surface area contributed by atoms with Crippen LogP contribution in [0, 0.1) is 0 Å². The van der Waals surface area contributed by atoms with Gasteiger partial charge in [-0.1, -0.05) is 26.8 Å². The molecule has 0 atom stereocenters. The van der Waals surface area contributed by atoms with Gasteiger partial charge < -0.3 is 0 Å². The zero-order valence-corrected chi connectivity index (χ0v) is 6.61. The molecule has 0 aliphatic carbocycles. The van der Waals surface area contributed by atoms with Gasteiger partial charge in [0.15, 0.2) is 0 Å². The van der Waals surface area contributed by atoms with Crippen LogP contribution in [0.4, 0.5) is 0 Å². The first-order valence-corrected chi connectivity index (χ1v) is 4.24. The van der Waals surface area contributed by atoms with Gasteiger partial charge in [0, 0.05) is 5.41 Å². The van der Waals surface area contributed by atoms with Gasteiger partial charge in [0.25, 0.3) is 0 Å². The Morgan fingerprint density at radius 1 is 1.56 bits per heavy atom. The van der Waals surface area contributed by atoms with E-state index in [2.05, 4.69) is 25.6 Å². The molecule has 0 unspecified atom stereocenters. The first-order valence-electron chi connectivity index (χ1n) is 2.63. The van der Waals surface area contributed by atoms with Gasteiger partial charge in [-0.05, 0) is 0 Å². The molecular weight excluding hydrogens is 138 g/mol. The zero-order chi connectivity index (χ0) is 7.91. The van der Waals surface area contributed by atoms with Crippen molar-refractivity contribution in [1.29, 1.82) is 0 Å². The molecule has 3 nitrogen and oxygen atoms in total. The molecule has 0 radical (unpaired) electrons. The van der Waals surface area contributed by atoms with Gasteiger partial charge in [0.05, 0.1) is 0 Å². The summed E-state index contributed by atoms with van der Waals surface area (Å²) in [6, 6.07) is 0. The van der Waals surface area contributed by atoms with Crippen molar-refractivity contribution in [2.75, 3.05) is 0 Å². The molecule has 0 aromatic carbocycles. The molecule has 0 amide bonds. The predicted octanol–water partition coefficient (Wildman–Crippen LogP) is 0.835. The highest BCUT2D eigenvalue weighted by Gasteiger charge is 1.85. The molecule has 9 heavy (non-hydrogen) atoms. The van der Waals surface area contributed by atoms with E-state index in [1.165, 1.54) is 6.42 Å². The van der Waals surface area contributed by atoms with E-state index in [0.717, 1.165) is 0 Å². The highest BCUT2D eigenvalue weighted by Crippen LogP contribution is 1.69. The minimum Gasteiger partial charge on any atom is -0.225 e. The van der Waals surface area contributed by atoms with E-state index in [0.29, 0.717) is 5.41 Å². The molecule has 0 aromatic heterocycles. The van der Waals surface area contributed by atoms with Crippen LogP contribution >= 0.6 is 0 Å². The van der Waals surface area contributed by atoms with Crippen LogP contribution in [-0.4, -0.2) is 8.42 Å². The molecule has 0 aliphatic heterocycles. The molecule has 0 heterocycles. The standard InChI is InChI=1S/C3H8.C2H5NO2S/c1-3-2;1-2-6(3,4)5/h3H2,1-2H3;2H,1H2,(H2,3,4,5). The summed E-state index contributed by atoms with van der Waals surface area (Å²) < 4.78 is 19.3. The summed E-state index contributed by atoms with van der Waals surface area (Å²) in [6.07, 6.45) is 1.25. The minimum absolute atomic E-state index is 0.688. The molecule has 0 rings (SSSR count). The van der Waals surface area contributed by atoms with Crippen molar-refractivity contribution in [1.82, 2.24) is 0 Å². The Kier molecular flexibility index (Phi) is 7.35. The van der Waals surface area contributed by atoms with Gasteiger partial charge >= 0.3 is 0 Å². The lowest BCUT2D eigenvalue weighted by Gasteiger charge is -1.75. The quantitative estimate of drug-likeness (QED) is 0.603. The predicted molar refractivity (Wildman–Crippen MR) is 39.3 cm³/mol. The molecule has 0 saturated carbocycles. The van der Waals surface area contributed by atoms with Gasteiger partial charge in [0.1, 0.15) is 0 Å². The van der Waals surface area contributed by atoms with Crippen LogP contribution in [0.2, 0.25) is 0 Å². The highest BCUT2D eigenvalue weighted by atomic mass is 32.2. The average molecular weight is 151 g/mol. The third-order valence-electron chi connectivity index (χ3n) is 0.232. The van der Waals surface area contributed by atoms with Crippen LogP contribution in [0.1, 0.15) is 20.3 Å². The maximum atomic E-state index is 9.66. The van der Waals surface area contributed by atoms with Gasteiger partial charge in [-0.3, -0.25) is 0 Å². The van der Waals surface area contributed by atoms with E-state index in [9.17, 15) is 8.42 Å². The van der Waals surface area contributed by atoms with E-state index in [1.54, 1.807) is 0 Å². The molecule has 0 saturated heterocycles. The Morgan fingerprint density at radius 3 is 1.67 bits per heavy atom. The largest absolute Gasteiger partial charge is 0.230 e. The molecule has 0 aromatic rings. The molecular formula is C5H13NO2S. The maximum Gasteiger partial charge on any atom is 0.230 e. The normalized spacial score (nSPS) is 9.22. The van der Waals surface area contributed by atoms with E-state index >= 15 is 0 Å². The van der Waals surface area contributed by atoms with Gasteiger partial charge in [-0.2, -0.15) is 0 Å². The first-order chi connectivity index (χ1) is 3.97. The maximum absolute atomic E-state index is 9.66. The number of primary sulfonamides is 1. The van der Waals surface area contributed by atoms with Crippen LogP contribution in [0.5, 0.6) is 0 Å². The van der Waals surface area contributed by atoms with Crippen LogP contribution in [0.15, 0.2) is 12.0 Å². The summed E-state index contributed by atoms with van der Waals surface area (Å²) in [5.74, 6) is 0. The Morgan fingerprint density at radius 2 is 1.67 bits per heavy atom. The van der Waals surface area contributed by atoms with Gasteiger partial charge in [0.2, 0.25) is 10.0 Å². The fraction of sp³-hybridized carbons (Fsp3) is 0.600. The lowest BCUT2D eigenvalue weighted by molar-refractivity contribution is 0.606. The Bertz CT molecular complexity index is 137. The second-order valence-corrected chi connectivity index (χ2v) is 2.97. The van der Waals surface area contributed by atoms with Crippen molar-refractivity contribution < 1.29 is 8.42 Å². The van der Waals surface area contributed by atoms with E-state index < -0.39 is 10.0 Å². The lowest BCUT2D eigenvalue weighted by Crippen LogP contribution is -2.05. The summed E-state index contributed by atoms with van der Waals surface area (Å²) >= 11 is 0. The van der Waals surface area contributed by atoms with Crippen molar-refractivity contribution in [3.8, 4) is 0 Å². The Balaban J connectivity index is 0. The van der Waals surface area contributed by atoms with Crippen molar-refractivity contribution in [2.45, 2.75) is 20.3 Å². The summed E-state index contributed by atoms with van der Waals surface area (Å²) in [7, 11) is -3.40. The highest BCUT2D eigenvalue weighted by molar-refractivity contribution is 7.92. The lowest BCUT2D eigenvalue weighted by atomic mass is 10.6. The van der Waals surface area contributed by atoms with E-state index in [-0.39, 0.29) is 0 Å². The fourth-order valence-electron chi connectivity index (χ4n) is 0. The summed E-state index contributed by atoms with van der Waals surface area (Å²) in [6.45, 7) is 7.17. The molecule has 56 valence electrons. The smallest absolute Gasteiger partial charge is 0.225 e. The minimum atomic E-state index is -3.40. The van der Waals surface area contributed by atoms with E-state index in [1.807, 2.05) is 0 Å². The number of rotatable bonds is 1. The van der Waals surface area contributed by atoms with Crippen molar-refractivity contribution in [3.05, 3.63) is 12.0 Å². The van der Waals surface area contributed by atoms with Gasteiger partial charge in [-0.15, -0.1) is 0 Å². The third kappa shape index (κ3) is 34.8. The summed E-state index contributed by atoms with van der Waals surface area (Å²) in [4.78, 5) is 0. The van der Waals surface area contributed by atoms with Crippen LogP contribution in [0.25, 0.3) is 0 Å². The molecule has 0 aliphatic rings. The molecule has 2 N–H and O–H groups in total. The SMILES string of the molecule is C=CS(N)(=O)=O.CCC. The number of sulfonamides is 1. The fourth-order valence-corrected chi connectivity index (χ4v) is 0. The molecule has 0 fully saturated rings. The third-order valence-corrected chi connectivity index (χ3v) is 0.697. The second-order valence-electron chi connectivity index (χ2n) is 1.46. The van der Waals surface area contributed by atoms with Crippen molar-refractivity contribution in [3.63, 3.8) is 0 Å². The van der Waals surface area contributed by atoms with Crippen LogP contribution in [0.3, 0.4) is 0 Å². The molecule has 4 heteroatoms. The zero-order valence-electron chi connectivity index (χ0n) is 5.79. The Labute approximate surface area is 56.6 Å². The number of hydrogen-bond acceptors (Lipinski definition) is 2. The van der Waals surface area contributed by atoms with Crippen LogP contribution in [-0.2, 0) is 10.0 Å². The topological polar surface area (TPSA) is 60.2 Å². The molecule has 0 spiro atoms. The first kappa shape index (κ1) is 11.4. The van der Waals surface area contributed by atoms with E-state index in [4.69, 9.17) is 0 Å². The summed E-state index contributed by atoms with van der Waals surface area (Å²) in [5, 5.41) is 5.08. The van der Waals surface area contributed by atoms with Crippen molar-refractivity contribution in [2.24, 2.45) is 5.14 Å². The molecule has 0 bridgehead atoms. The average Bonchev–Trinajstić information content (AvgIpc) is 1.67. The Hall–Kier alpha value is -0.350. The van der Waals surface area contributed by atoms with Gasteiger partial charge in [-0.25, -0.2) is 13.6 Å². The van der Waals surface area contributed by atoms with Crippen molar-refractivity contribution >= 4 is 10.0 Å².